The molecule has 3 N–H and O–H groups in total. The molecule has 1 aromatic heterocycles. The van der Waals surface area contributed by atoms with Gasteiger partial charge in [0.15, 0.2) is 0 Å². The van der Waals surface area contributed by atoms with Crippen LogP contribution in [0, 0.1) is 0 Å². The number of fused-ring (bicyclic) bond motifs is 1. The van der Waals surface area contributed by atoms with Gasteiger partial charge in [-0.3, -0.25) is 4.98 Å². The van der Waals surface area contributed by atoms with Crippen molar-refractivity contribution >= 4 is 16.9 Å². The van der Waals surface area contributed by atoms with Gasteiger partial charge in [-0.15, -0.1) is 0 Å². The lowest BCUT2D eigenvalue weighted by atomic mass is 10.1. The Bertz CT molecular complexity index is 691. The Balaban J connectivity index is 0.00000242. The number of esters is 1. The highest BCUT2D eigenvalue weighted by Gasteiger charge is 2.33. The molecule has 2 rings (SSSR count). The van der Waals surface area contributed by atoms with Crippen molar-refractivity contribution in [2.75, 3.05) is 0 Å². The quantitative estimate of drug-likeness (QED) is 0.793. The minimum Gasteiger partial charge on any atom is -0.456 e. The van der Waals surface area contributed by atoms with Gasteiger partial charge < -0.3 is 10.9 Å². The first-order chi connectivity index (χ1) is 9.58. The van der Waals surface area contributed by atoms with E-state index in [2.05, 4.69) is 4.98 Å². The third-order valence-electron chi connectivity index (χ3n) is 2.65. The molecule has 1 heterocycles. The summed E-state index contributed by atoms with van der Waals surface area (Å²) in [4.78, 5) is 15.7. The summed E-state index contributed by atoms with van der Waals surface area (Å²) < 4.78 is 43.8. The number of carbonyl (C=O) groups is 1. The second kappa shape index (κ2) is 5.92. The van der Waals surface area contributed by atoms with Gasteiger partial charge in [-0.2, -0.15) is 13.2 Å². The van der Waals surface area contributed by atoms with Crippen molar-refractivity contribution in [1.29, 1.82) is 0 Å². The summed E-state index contributed by atoms with van der Waals surface area (Å²) in [6.45, 7) is 5.13. The van der Waals surface area contributed by atoms with Gasteiger partial charge in [-0.25, -0.2) is 4.79 Å². The maximum Gasteiger partial charge on any atom is 0.418 e. The number of ether oxygens (including phenoxy) is 1. The van der Waals surface area contributed by atoms with E-state index in [9.17, 15) is 18.0 Å². The maximum atomic E-state index is 12.9. The Morgan fingerprint density at radius 3 is 2.36 bits per heavy atom. The van der Waals surface area contributed by atoms with E-state index in [1.807, 2.05) is 0 Å². The maximum absolute atomic E-state index is 12.9. The molecule has 120 valence electrons. The van der Waals surface area contributed by atoms with Crippen LogP contribution >= 0.6 is 0 Å². The summed E-state index contributed by atoms with van der Waals surface area (Å²) in [5.41, 5.74) is -1.57. The van der Waals surface area contributed by atoms with Crippen LogP contribution in [0.25, 0.3) is 10.9 Å². The lowest BCUT2D eigenvalue weighted by molar-refractivity contribution is -0.136. The van der Waals surface area contributed by atoms with E-state index in [1.165, 1.54) is 18.2 Å². The van der Waals surface area contributed by atoms with Gasteiger partial charge in [0.05, 0.1) is 16.6 Å². The number of pyridine rings is 1. The monoisotopic (exact) mass is 314 g/mol. The second-order valence-electron chi connectivity index (χ2n) is 5.60. The number of halogens is 3. The van der Waals surface area contributed by atoms with Gasteiger partial charge in [0.1, 0.15) is 5.60 Å². The summed E-state index contributed by atoms with van der Waals surface area (Å²) in [5.74, 6) is -0.616. The van der Waals surface area contributed by atoms with Crippen LogP contribution in [0.15, 0.2) is 30.5 Å². The molecule has 0 aliphatic carbocycles. The first-order valence-electron chi connectivity index (χ1n) is 6.27. The van der Waals surface area contributed by atoms with Crippen LogP contribution in [0.5, 0.6) is 0 Å². The van der Waals surface area contributed by atoms with Crippen molar-refractivity contribution in [3.05, 3.63) is 41.6 Å². The molecule has 0 spiro atoms. The summed E-state index contributed by atoms with van der Waals surface area (Å²) in [5, 5.41) is 0.244. The molecule has 1 aromatic carbocycles. The fourth-order valence-corrected chi connectivity index (χ4v) is 1.84. The molecule has 0 saturated carbocycles. The molecule has 0 radical (unpaired) electrons. The second-order valence-corrected chi connectivity index (χ2v) is 5.60. The zero-order chi connectivity index (χ0) is 15.8. The molecule has 7 heteroatoms. The zero-order valence-electron chi connectivity index (χ0n) is 12.5. The molecule has 2 aromatic rings. The fourth-order valence-electron chi connectivity index (χ4n) is 1.84. The molecule has 0 amide bonds. The zero-order valence-corrected chi connectivity index (χ0v) is 12.5. The molecule has 0 saturated heterocycles. The lowest BCUT2D eigenvalue weighted by Crippen LogP contribution is -2.24. The molecule has 22 heavy (non-hydrogen) atoms. The molecular formula is C15H17F3N2O2. The summed E-state index contributed by atoms with van der Waals surface area (Å²) in [7, 11) is 0. The lowest BCUT2D eigenvalue weighted by Gasteiger charge is -2.19. The number of alkyl halides is 3. The smallest absolute Gasteiger partial charge is 0.418 e. The van der Waals surface area contributed by atoms with Crippen LogP contribution in [-0.4, -0.2) is 16.6 Å². The molecule has 0 unspecified atom stereocenters. The van der Waals surface area contributed by atoms with E-state index in [-0.39, 0.29) is 22.6 Å². The highest BCUT2D eigenvalue weighted by molar-refractivity contribution is 5.94. The van der Waals surface area contributed by atoms with Gasteiger partial charge in [0, 0.05) is 11.6 Å². The molecule has 0 atom stereocenters. The third kappa shape index (κ3) is 3.94. The van der Waals surface area contributed by atoms with Crippen molar-refractivity contribution in [2.45, 2.75) is 32.5 Å². The van der Waals surface area contributed by atoms with Gasteiger partial charge in [-0.05, 0) is 32.9 Å². The van der Waals surface area contributed by atoms with Crippen LogP contribution in [0.4, 0.5) is 13.2 Å². The van der Waals surface area contributed by atoms with Crippen molar-refractivity contribution in [3.8, 4) is 0 Å². The Morgan fingerprint density at radius 2 is 1.82 bits per heavy atom. The molecule has 0 fully saturated rings. The van der Waals surface area contributed by atoms with Gasteiger partial charge in [0.25, 0.3) is 0 Å². The number of para-hydroxylation sites is 1. The normalized spacial score (nSPS) is 11.9. The van der Waals surface area contributed by atoms with E-state index < -0.39 is 23.3 Å². The van der Waals surface area contributed by atoms with Gasteiger partial charge >= 0.3 is 12.1 Å². The molecule has 4 nitrogen and oxygen atoms in total. The van der Waals surface area contributed by atoms with E-state index in [0.717, 1.165) is 12.3 Å². The van der Waals surface area contributed by atoms with Gasteiger partial charge in [0.2, 0.25) is 0 Å². The first-order valence-corrected chi connectivity index (χ1v) is 6.27. The number of aromatic nitrogens is 1. The fraction of sp³-hybridized carbons (Fsp3) is 0.333. The summed E-state index contributed by atoms with van der Waals surface area (Å²) in [6, 6.07) is 5.07. The molecule has 0 bridgehead atoms. The van der Waals surface area contributed by atoms with Crippen LogP contribution in [-0.2, 0) is 10.9 Å². The first kappa shape index (κ1) is 17.9. The Labute approximate surface area is 125 Å². The molecule has 0 aliphatic heterocycles. The van der Waals surface area contributed by atoms with Crippen LogP contribution in [0.2, 0.25) is 0 Å². The van der Waals surface area contributed by atoms with E-state index in [1.54, 1.807) is 20.8 Å². The van der Waals surface area contributed by atoms with Crippen molar-refractivity contribution in [1.82, 2.24) is 11.1 Å². The minimum atomic E-state index is -4.49. The highest BCUT2D eigenvalue weighted by atomic mass is 19.4. The van der Waals surface area contributed by atoms with Gasteiger partial charge in [-0.1, -0.05) is 12.1 Å². The highest BCUT2D eigenvalue weighted by Crippen LogP contribution is 2.33. The van der Waals surface area contributed by atoms with Crippen molar-refractivity contribution < 1.29 is 22.7 Å². The number of hydrogen-bond donors (Lipinski definition) is 1. The number of hydrogen-bond acceptors (Lipinski definition) is 4. The minimum absolute atomic E-state index is 0. The Hall–Kier alpha value is -2.15. The standard InChI is InChI=1S/C15H14F3NO2.H3N/c1-14(2,3)21-13(20)10-7-9-5-4-6-11(15(16,17)18)12(9)19-8-10;/h4-8H,1-3H3;1H3. The van der Waals surface area contributed by atoms with Crippen molar-refractivity contribution in [3.63, 3.8) is 0 Å². The Morgan fingerprint density at radius 1 is 1.18 bits per heavy atom. The predicted octanol–water partition coefficient (Wildman–Crippen LogP) is 4.37. The van der Waals surface area contributed by atoms with Crippen molar-refractivity contribution in [2.24, 2.45) is 0 Å². The molecule has 0 aliphatic rings. The van der Waals surface area contributed by atoms with E-state index >= 15 is 0 Å². The SMILES string of the molecule is CC(C)(C)OC(=O)c1cnc2c(C(F)(F)F)cccc2c1.N. The van der Waals surface area contributed by atoms with E-state index in [4.69, 9.17) is 4.74 Å². The third-order valence-corrected chi connectivity index (χ3v) is 2.65. The predicted molar refractivity (Wildman–Crippen MR) is 76.9 cm³/mol. The van der Waals surface area contributed by atoms with Crippen LogP contribution in [0.3, 0.4) is 0 Å². The summed E-state index contributed by atoms with van der Waals surface area (Å²) in [6.07, 6.45) is -3.38. The average molecular weight is 314 g/mol. The van der Waals surface area contributed by atoms with E-state index in [0.29, 0.717) is 0 Å². The topological polar surface area (TPSA) is 74.2 Å². The number of benzene rings is 1. The number of carbonyl (C=O) groups excluding carboxylic acids is 1. The molecular weight excluding hydrogens is 297 g/mol. The summed E-state index contributed by atoms with van der Waals surface area (Å²) >= 11 is 0. The average Bonchev–Trinajstić information content (AvgIpc) is 2.34. The van der Waals surface area contributed by atoms with Crippen LogP contribution in [0.1, 0.15) is 36.7 Å². The number of rotatable bonds is 1. The largest absolute Gasteiger partial charge is 0.456 e. The Kier molecular flexibility index (Phi) is 4.82. The van der Waals surface area contributed by atoms with Crippen LogP contribution < -0.4 is 6.15 Å². The number of nitrogens with zero attached hydrogens (tertiary/aromatic N) is 1.